The zero-order chi connectivity index (χ0) is 20.7. The molecule has 0 aliphatic carbocycles. The highest BCUT2D eigenvalue weighted by molar-refractivity contribution is 7.89. The van der Waals surface area contributed by atoms with Gasteiger partial charge in [-0.25, -0.2) is 22.5 Å². The van der Waals surface area contributed by atoms with E-state index in [1.165, 1.54) is 23.5 Å². The van der Waals surface area contributed by atoms with E-state index in [9.17, 15) is 12.8 Å². The van der Waals surface area contributed by atoms with Crippen molar-refractivity contribution in [3.05, 3.63) is 59.4 Å². The van der Waals surface area contributed by atoms with Crippen molar-refractivity contribution >= 4 is 26.5 Å². The molecular formula is C20H23FN4O2S2. The Hall–Kier alpha value is -2.36. The zero-order valence-corrected chi connectivity index (χ0v) is 17.7. The van der Waals surface area contributed by atoms with Gasteiger partial charge < -0.3 is 5.32 Å². The van der Waals surface area contributed by atoms with Crippen molar-refractivity contribution < 1.29 is 12.8 Å². The van der Waals surface area contributed by atoms with Crippen LogP contribution in [0.1, 0.15) is 24.8 Å². The number of rotatable bonds is 10. The van der Waals surface area contributed by atoms with Crippen LogP contribution in [0.15, 0.2) is 52.9 Å². The molecule has 2 N–H and O–H groups in total. The number of nitrogens with one attached hydrogen (secondary N) is 2. The van der Waals surface area contributed by atoms with E-state index in [-0.39, 0.29) is 4.90 Å². The number of pyridine rings is 1. The molecule has 0 aliphatic heterocycles. The SMILES string of the molecule is Cc1ccc(S(=O)(=O)NCCCCCNc2nc(-c3ccccn3)cs2)cc1F. The van der Waals surface area contributed by atoms with Crippen molar-refractivity contribution in [2.45, 2.75) is 31.1 Å². The largest absolute Gasteiger partial charge is 0.362 e. The summed E-state index contributed by atoms with van der Waals surface area (Å²) in [6.07, 6.45) is 4.19. The van der Waals surface area contributed by atoms with E-state index >= 15 is 0 Å². The van der Waals surface area contributed by atoms with Gasteiger partial charge in [0.05, 0.1) is 10.6 Å². The molecule has 0 saturated carbocycles. The average Bonchev–Trinajstić information content (AvgIpc) is 3.19. The first kappa shape index (κ1) is 21.4. The van der Waals surface area contributed by atoms with Crippen molar-refractivity contribution in [1.82, 2.24) is 14.7 Å². The van der Waals surface area contributed by atoms with Crippen LogP contribution in [-0.4, -0.2) is 31.5 Å². The van der Waals surface area contributed by atoms with E-state index in [1.54, 1.807) is 13.1 Å². The van der Waals surface area contributed by atoms with Crippen LogP contribution >= 0.6 is 11.3 Å². The number of halogens is 1. The topological polar surface area (TPSA) is 84.0 Å². The van der Waals surface area contributed by atoms with Crippen LogP contribution in [0, 0.1) is 12.7 Å². The van der Waals surface area contributed by atoms with Crippen LogP contribution in [0.3, 0.4) is 0 Å². The Bertz CT molecular complexity index is 1040. The summed E-state index contributed by atoms with van der Waals surface area (Å²) in [4.78, 5) is 8.75. The Kier molecular flexibility index (Phi) is 7.29. The van der Waals surface area contributed by atoms with Crippen molar-refractivity contribution in [1.29, 1.82) is 0 Å². The average molecular weight is 435 g/mol. The summed E-state index contributed by atoms with van der Waals surface area (Å²) in [5, 5.41) is 6.08. The standard InChI is InChI=1S/C20H23FN4O2S2/c1-15-8-9-16(13-17(15)21)29(26,27)24-12-5-2-4-11-23-20-25-19(14-28-20)18-7-3-6-10-22-18/h3,6-10,13-14,24H,2,4-5,11-12H2,1H3,(H,23,25). The van der Waals surface area contributed by atoms with Crippen molar-refractivity contribution in [2.24, 2.45) is 0 Å². The first-order valence-corrected chi connectivity index (χ1v) is 11.7. The molecular weight excluding hydrogens is 411 g/mol. The molecule has 3 rings (SSSR count). The van der Waals surface area contributed by atoms with Gasteiger partial charge in [-0.2, -0.15) is 0 Å². The summed E-state index contributed by atoms with van der Waals surface area (Å²) in [6, 6.07) is 9.65. The Morgan fingerprint density at radius 3 is 2.66 bits per heavy atom. The molecule has 29 heavy (non-hydrogen) atoms. The van der Waals surface area contributed by atoms with Gasteiger partial charge in [-0.15, -0.1) is 11.3 Å². The quantitative estimate of drug-likeness (QED) is 0.467. The molecule has 0 aliphatic rings. The minimum Gasteiger partial charge on any atom is -0.362 e. The minimum atomic E-state index is -3.68. The second-order valence-corrected chi connectivity index (χ2v) is 9.17. The smallest absolute Gasteiger partial charge is 0.240 e. The number of benzene rings is 1. The molecule has 2 heterocycles. The fourth-order valence-corrected chi connectivity index (χ4v) is 4.46. The summed E-state index contributed by atoms with van der Waals surface area (Å²) in [7, 11) is -3.68. The number of hydrogen-bond donors (Lipinski definition) is 2. The summed E-state index contributed by atoms with van der Waals surface area (Å²) >= 11 is 1.53. The highest BCUT2D eigenvalue weighted by atomic mass is 32.2. The Labute approximate surface area is 174 Å². The highest BCUT2D eigenvalue weighted by Gasteiger charge is 2.14. The van der Waals surface area contributed by atoms with E-state index < -0.39 is 15.8 Å². The molecule has 1 aromatic carbocycles. The molecule has 0 saturated heterocycles. The molecule has 2 aromatic heterocycles. The normalized spacial score (nSPS) is 11.5. The van der Waals surface area contributed by atoms with Gasteiger partial charge in [0.2, 0.25) is 10.0 Å². The Morgan fingerprint density at radius 2 is 1.90 bits per heavy atom. The first-order valence-electron chi connectivity index (χ1n) is 9.32. The van der Waals surface area contributed by atoms with Crippen LogP contribution < -0.4 is 10.0 Å². The van der Waals surface area contributed by atoms with Gasteiger partial charge in [-0.1, -0.05) is 18.6 Å². The Balaban J connectivity index is 1.35. The predicted molar refractivity (Wildman–Crippen MR) is 114 cm³/mol. The van der Waals surface area contributed by atoms with Crippen LogP contribution in [-0.2, 0) is 10.0 Å². The van der Waals surface area contributed by atoms with E-state index in [2.05, 4.69) is 20.0 Å². The predicted octanol–water partition coefficient (Wildman–Crippen LogP) is 4.21. The highest BCUT2D eigenvalue weighted by Crippen LogP contribution is 2.23. The maximum Gasteiger partial charge on any atom is 0.240 e. The van der Waals surface area contributed by atoms with Gasteiger partial charge in [0.25, 0.3) is 0 Å². The van der Waals surface area contributed by atoms with Crippen molar-refractivity contribution in [3.8, 4) is 11.4 Å². The van der Waals surface area contributed by atoms with Crippen LogP contribution in [0.5, 0.6) is 0 Å². The number of anilines is 1. The maximum atomic E-state index is 13.6. The summed E-state index contributed by atoms with van der Waals surface area (Å²) in [5.41, 5.74) is 2.11. The molecule has 154 valence electrons. The van der Waals surface area contributed by atoms with Crippen molar-refractivity contribution in [3.63, 3.8) is 0 Å². The lowest BCUT2D eigenvalue weighted by atomic mass is 10.2. The van der Waals surface area contributed by atoms with E-state index in [1.807, 2.05) is 23.6 Å². The molecule has 0 radical (unpaired) electrons. The van der Waals surface area contributed by atoms with Gasteiger partial charge >= 0.3 is 0 Å². The van der Waals surface area contributed by atoms with Gasteiger partial charge in [-0.3, -0.25) is 4.98 Å². The third-order valence-electron chi connectivity index (χ3n) is 4.31. The maximum absolute atomic E-state index is 13.6. The monoisotopic (exact) mass is 434 g/mol. The zero-order valence-electron chi connectivity index (χ0n) is 16.1. The second kappa shape index (κ2) is 9.91. The number of aryl methyl sites for hydroxylation is 1. The van der Waals surface area contributed by atoms with Gasteiger partial charge in [0.15, 0.2) is 5.13 Å². The minimum absolute atomic E-state index is 0.0465. The van der Waals surface area contributed by atoms with E-state index in [0.717, 1.165) is 42.0 Å². The number of nitrogens with zero attached hydrogens (tertiary/aromatic N) is 2. The molecule has 0 atom stereocenters. The lowest BCUT2D eigenvalue weighted by Crippen LogP contribution is -2.25. The third kappa shape index (κ3) is 6.06. The number of unbranched alkanes of at least 4 members (excludes halogenated alkanes) is 2. The van der Waals surface area contributed by atoms with Gasteiger partial charge in [0, 0.05) is 24.7 Å². The molecule has 0 spiro atoms. The van der Waals surface area contributed by atoms with Gasteiger partial charge in [-0.05, 0) is 49.6 Å². The number of hydrogen-bond acceptors (Lipinski definition) is 6. The molecule has 0 amide bonds. The lowest BCUT2D eigenvalue weighted by molar-refractivity contribution is 0.571. The summed E-state index contributed by atoms with van der Waals surface area (Å²) < 4.78 is 40.5. The van der Waals surface area contributed by atoms with Gasteiger partial charge in [0.1, 0.15) is 11.5 Å². The lowest BCUT2D eigenvalue weighted by Gasteiger charge is -2.08. The van der Waals surface area contributed by atoms with E-state index in [0.29, 0.717) is 18.5 Å². The molecule has 0 bridgehead atoms. The molecule has 9 heteroatoms. The van der Waals surface area contributed by atoms with E-state index in [4.69, 9.17) is 0 Å². The molecule has 6 nitrogen and oxygen atoms in total. The molecule has 0 fully saturated rings. The third-order valence-corrected chi connectivity index (χ3v) is 6.57. The summed E-state index contributed by atoms with van der Waals surface area (Å²) in [6.45, 7) is 2.67. The van der Waals surface area contributed by atoms with Crippen LogP contribution in [0.25, 0.3) is 11.4 Å². The number of sulfonamides is 1. The van der Waals surface area contributed by atoms with Crippen LogP contribution in [0.2, 0.25) is 0 Å². The number of thiazole rings is 1. The molecule has 0 unspecified atom stereocenters. The fraction of sp³-hybridized carbons (Fsp3) is 0.300. The summed E-state index contributed by atoms with van der Waals surface area (Å²) in [5.74, 6) is -0.521. The molecule has 3 aromatic rings. The first-order chi connectivity index (χ1) is 14.0. The van der Waals surface area contributed by atoms with Crippen molar-refractivity contribution in [2.75, 3.05) is 18.4 Å². The Morgan fingerprint density at radius 1 is 1.07 bits per heavy atom. The fourth-order valence-electron chi connectivity index (χ4n) is 2.64. The second-order valence-electron chi connectivity index (χ2n) is 6.55. The number of aromatic nitrogens is 2. The van der Waals surface area contributed by atoms with Crippen LogP contribution in [0.4, 0.5) is 9.52 Å².